The zero-order valence-electron chi connectivity index (χ0n) is 17.2. The first kappa shape index (κ1) is 19.3. The van der Waals surface area contributed by atoms with E-state index in [-0.39, 0.29) is 11.2 Å². The summed E-state index contributed by atoms with van der Waals surface area (Å²) in [4.78, 5) is 19.5. The number of nitrogens with zero attached hydrogens (tertiary/aromatic N) is 1. The average molecular weight is 422 g/mol. The number of thiazole rings is 1. The number of likely N-dealkylation sites (tertiary alicyclic amines) is 1. The molecule has 0 spiro atoms. The van der Waals surface area contributed by atoms with Crippen LogP contribution in [0, 0.1) is 12.8 Å². The zero-order chi connectivity index (χ0) is 20.8. The lowest BCUT2D eigenvalue weighted by Crippen LogP contribution is -3.12. The molecule has 1 aliphatic heterocycles. The van der Waals surface area contributed by atoms with Gasteiger partial charge in [-0.05, 0) is 44.0 Å². The Bertz CT molecular complexity index is 1270. The van der Waals surface area contributed by atoms with Crippen molar-refractivity contribution >= 4 is 32.5 Å². The minimum absolute atomic E-state index is 0.0870. The molecule has 3 heterocycles. The Balaban J connectivity index is 1.64. The van der Waals surface area contributed by atoms with Crippen LogP contribution in [0.3, 0.4) is 0 Å². The molecule has 2 N–H and O–H groups in total. The van der Waals surface area contributed by atoms with Crippen molar-refractivity contribution in [2.24, 2.45) is 5.92 Å². The number of aromatic nitrogens is 1. The number of nitrogens with one attached hydrogen (secondary N) is 1. The van der Waals surface area contributed by atoms with Gasteiger partial charge in [0.1, 0.15) is 23.1 Å². The molecular weight excluding hydrogens is 396 g/mol. The van der Waals surface area contributed by atoms with E-state index in [0.717, 1.165) is 28.9 Å². The topological polar surface area (TPSA) is 67.8 Å². The molecule has 1 aliphatic rings. The molecule has 2 aromatic heterocycles. The van der Waals surface area contributed by atoms with Crippen LogP contribution in [0.2, 0.25) is 0 Å². The van der Waals surface area contributed by atoms with Crippen LogP contribution in [0.4, 0.5) is 0 Å². The molecule has 1 fully saturated rings. The summed E-state index contributed by atoms with van der Waals surface area (Å²) in [6.45, 7) is 6.90. The van der Waals surface area contributed by atoms with E-state index in [4.69, 9.17) is 4.42 Å². The van der Waals surface area contributed by atoms with Gasteiger partial charge in [0.15, 0.2) is 5.58 Å². The number of aryl methyl sites for hydroxylation is 1. The SMILES string of the molecule is Cc1oc2c(C[NH+]3CCC[C@H](C)C3)c(O)ccc2c(=O)c1-c1nc2ccccc2s1. The number of hydrogen-bond donors (Lipinski definition) is 2. The fourth-order valence-electron chi connectivity index (χ4n) is 4.62. The molecule has 6 heteroatoms. The number of quaternary nitrogens is 1. The van der Waals surface area contributed by atoms with Gasteiger partial charge in [0.25, 0.3) is 0 Å². The summed E-state index contributed by atoms with van der Waals surface area (Å²) >= 11 is 1.50. The van der Waals surface area contributed by atoms with Gasteiger partial charge in [0.05, 0.1) is 39.8 Å². The van der Waals surface area contributed by atoms with Crippen LogP contribution in [-0.2, 0) is 6.54 Å². The van der Waals surface area contributed by atoms with Gasteiger partial charge in [0, 0.05) is 5.92 Å². The van der Waals surface area contributed by atoms with Crippen molar-refractivity contribution < 1.29 is 14.4 Å². The third-order valence-electron chi connectivity index (χ3n) is 6.11. The largest absolute Gasteiger partial charge is 0.507 e. The minimum atomic E-state index is -0.0870. The lowest BCUT2D eigenvalue weighted by atomic mass is 9.99. The van der Waals surface area contributed by atoms with Gasteiger partial charge in [-0.25, -0.2) is 4.98 Å². The number of benzene rings is 2. The molecule has 2 atom stereocenters. The van der Waals surface area contributed by atoms with E-state index in [0.29, 0.717) is 39.8 Å². The Labute approximate surface area is 178 Å². The fourth-order valence-corrected chi connectivity index (χ4v) is 5.67. The summed E-state index contributed by atoms with van der Waals surface area (Å²) in [7, 11) is 0. The highest BCUT2D eigenvalue weighted by Gasteiger charge is 2.25. The van der Waals surface area contributed by atoms with Crippen molar-refractivity contribution in [3.63, 3.8) is 0 Å². The van der Waals surface area contributed by atoms with Crippen LogP contribution in [0.1, 0.15) is 31.1 Å². The van der Waals surface area contributed by atoms with Gasteiger partial charge in [-0.1, -0.05) is 19.1 Å². The first-order chi connectivity index (χ1) is 14.5. The Morgan fingerprint density at radius 1 is 1.27 bits per heavy atom. The van der Waals surface area contributed by atoms with E-state index in [2.05, 4.69) is 11.9 Å². The molecule has 4 aromatic rings. The van der Waals surface area contributed by atoms with Crippen LogP contribution >= 0.6 is 11.3 Å². The van der Waals surface area contributed by atoms with Crippen LogP contribution < -0.4 is 10.3 Å². The Morgan fingerprint density at radius 3 is 2.90 bits per heavy atom. The summed E-state index contributed by atoms with van der Waals surface area (Å²) in [5.74, 6) is 1.41. The van der Waals surface area contributed by atoms with E-state index in [1.807, 2.05) is 31.2 Å². The molecular formula is C24H25N2O3S+. The maximum atomic E-state index is 13.5. The van der Waals surface area contributed by atoms with Crippen molar-refractivity contribution in [2.45, 2.75) is 33.2 Å². The Hall–Kier alpha value is -2.70. The van der Waals surface area contributed by atoms with Gasteiger partial charge in [0.2, 0.25) is 5.43 Å². The minimum Gasteiger partial charge on any atom is -0.507 e. The van der Waals surface area contributed by atoms with E-state index in [9.17, 15) is 9.90 Å². The molecule has 0 saturated carbocycles. The second kappa shape index (κ2) is 7.52. The molecule has 1 unspecified atom stereocenters. The summed E-state index contributed by atoms with van der Waals surface area (Å²) < 4.78 is 7.24. The van der Waals surface area contributed by atoms with Gasteiger partial charge in [-0.15, -0.1) is 11.3 Å². The van der Waals surface area contributed by atoms with Gasteiger partial charge >= 0.3 is 0 Å². The molecule has 0 radical (unpaired) electrons. The first-order valence-corrected chi connectivity index (χ1v) is 11.3. The number of rotatable bonds is 3. The van der Waals surface area contributed by atoms with Crippen molar-refractivity contribution in [3.8, 4) is 16.3 Å². The number of phenols is 1. The Kier molecular flexibility index (Phi) is 4.83. The van der Waals surface area contributed by atoms with Crippen LogP contribution in [0.15, 0.2) is 45.6 Å². The van der Waals surface area contributed by atoms with Crippen molar-refractivity contribution in [1.29, 1.82) is 0 Å². The lowest BCUT2D eigenvalue weighted by molar-refractivity contribution is -0.922. The highest BCUT2D eigenvalue weighted by Crippen LogP contribution is 2.33. The lowest BCUT2D eigenvalue weighted by Gasteiger charge is -2.28. The number of aromatic hydroxyl groups is 1. The smallest absolute Gasteiger partial charge is 0.203 e. The summed E-state index contributed by atoms with van der Waals surface area (Å²) in [5.41, 5.74) is 2.54. The van der Waals surface area contributed by atoms with Crippen LogP contribution in [0.5, 0.6) is 5.75 Å². The zero-order valence-corrected chi connectivity index (χ0v) is 18.0. The normalized spacial score (nSPS) is 19.5. The third-order valence-corrected chi connectivity index (χ3v) is 7.17. The molecule has 5 nitrogen and oxygen atoms in total. The van der Waals surface area contributed by atoms with E-state index in [1.54, 1.807) is 12.1 Å². The van der Waals surface area contributed by atoms with Gasteiger partial charge in [-0.3, -0.25) is 4.79 Å². The monoisotopic (exact) mass is 421 g/mol. The molecule has 0 bridgehead atoms. The van der Waals surface area contributed by atoms with Crippen molar-refractivity contribution in [2.75, 3.05) is 13.1 Å². The second-order valence-corrected chi connectivity index (χ2v) is 9.45. The Morgan fingerprint density at radius 2 is 2.10 bits per heavy atom. The predicted octanol–water partition coefficient (Wildman–Crippen LogP) is 3.90. The number of fused-ring (bicyclic) bond motifs is 2. The predicted molar refractivity (Wildman–Crippen MR) is 120 cm³/mol. The summed E-state index contributed by atoms with van der Waals surface area (Å²) in [6, 6.07) is 11.2. The summed E-state index contributed by atoms with van der Waals surface area (Å²) in [5, 5.41) is 11.8. The van der Waals surface area contributed by atoms with Crippen LogP contribution in [0.25, 0.3) is 31.8 Å². The van der Waals surface area contributed by atoms with E-state index < -0.39 is 0 Å². The highest BCUT2D eigenvalue weighted by atomic mass is 32.1. The average Bonchev–Trinajstić information content (AvgIpc) is 3.14. The van der Waals surface area contributed by atoms with E-state index >= 15 is 0 Å². The molecule has 5 rings (SSSR count). The molecule has 30 heavy (non-hydrogen) atoms. The van der Waals surface area contributed by atoms with Crippen LogP contribution in [-0.4, -0.2) is 23.2 Å². The highest BCUT2D eigenvalue weighted by molar-refractivity contribution is 7.21. The molecule has 0 aliphatic carbocycles. The van der Waals surface area contributed by atoms with Crippen molar-refractivity contribution in [1.82, 2.24) is 4.98 Å². The molecule has 154 valence electrons. The maximum Gasteiger partial charge on any atom is 0.203 e. The molecule has 0 amide bonds. The number of piperidine rings is 1. The number of phenolic OH excluding ortho intramolecular Hbond substituents is 1. The molecule has 1 saturated heterocycles. The van der Waals surface area contributed by atoms with Gasteiger partial charge < -0.3 is 14.4 Å². The van der Waals surface area contributed by atoms with Gasteiger partial charge in [-0.2, -0.15) is 0 Å². The number of hydrogen-bond acceptors (Lipinski definition) is 5. The fraction of sp³-hybridized carbons (Fsp3) is 0.333. The quantitative estimate of drug-likeness (QED) is 0.527. The number of para-hydroxylation sites is 1. The third kappa shape index (κ3) is 3.30. The van der Waals surface area contributed by atoms with Crippen molar-refractivity contribution in [3.05, 3.63) is 57.9 Å². The molecule has 2 aromatic carbocycles. The summed E-state index contributed by atoms with van der Waals surface area (Å²) in [6.07, 6.45) is 2.44. The second-order valence-electron chi connectivity index (χ2n) is 8.42. The standard InChI is InChI=1S/C24H24N2O3S/c1-14-6-5-11-26(12-14)13-17-19(27)10-9-16-22(28)21(15(2)29-23(16)17)24-25-18-7-3-4-8-20(18)30-24/h3-4,7-10,14,27H,5-6,11-13H2,1-2H3/p+1/t14-/m0/s1. The maximum absolute atomic E-state index is 13.5. The first-order valence-electron chi connectivity index (χ1n) is 10.5. The van der Waals surface area contributed by atoms with E-state index in [1.165, 1.54) is 29.1 Å².